The zero-order chi connectivity index (χ0) is 22.0. The smallest absolute Gasteiger partial charge is 0.412 e. The van der Waals surface area contributed by atoms with E-state index < -0.39 is 11.7 Å². The van der Waals surface area contributed by atoms with Crippen molar-refractivity contribution in [2.45, 2.75) is 53.2 Å². The van der Waals surface area contributed by atoms with Gasteiger partial charge in [-0.2, -0.15) is 0 Å². The van der Waals surface area contributed by atoms with Crippen LogP contribution in [0.3, 0.4) is 0 Å². The van der Waals surface area contributed by atoms with Crippen LogP contribution in [0.15, 0.2) is 47.5 Å². The van der Waals surface area contributed by atoms with Gasteiger partial charge in [0.2, 0.25) is 0 Å². The molecular formula is C23H33N5O2. The number of hydrogen-bond donors (Lipinski definition) is 3. The maximum Gasteiger partial charge on any atom is 0.412 e. The normalized spacial score (nSPS) is 11.7. The molecular weight excluding hydrogens is 378 g/mol. The Morgan fingerprint density at radius 2 is 1.83 bits per heavy atom. The first-order valence-electron chi connectivity index (χ1n) is 10.3. The van der Waals surface area contributed by atoms with Crippen molar-refractivity contribution in [2.24, 2.45) is 4.99 Å². The fraction of sp³-hybridized carbons (Fsp3) is 0.435. The van der Waals surface area contributed by atoms with Crippen LogP contribution in [-0.4, -0.2) is 35.7 Å². The van der Waals surface area contributed by atoms with E-state index in [0.717, 1.165) is 42.4 Å². The van der Waals surface area contributed by atoms with Gasteiger partial charge in [0, 0.05) is 24.5 Å². The van der Waals surface area contributed by atoms with Gasteiger partial charge < -0.3 is 15.4 Å². The van der Waals surface area contributed by atoms with E-state index in [2.05, 4.69) is 25.9 Å². The number of nitrogens with one attached hydrogen (secondary N) is 3. The van der Waals surface area contributed by atoms with E-state index in [4.69, 9.17) is 4.74 Å². The molecule has 1 aromatic carbocycles. The van der Waals surface area contributed by atoms with E-state index >= 15 is 0 Å². The molecule has 0 saturated carbocycles. The Hall–Kier alpha value is -3.09. The minimum Gasteiger partial charge on any atom is -0.444 e. The SMILES string of the molecule is CCNC(=NCc1cccc(C)n1)NCCc1ccc(NC(=O)OC(C)(C)C)cc1. The Morgan fingerprint density at radius 3 is 2.47 bits per heavy atom. The highest BCUT2D eigenvalue weighted by molar-refractivity contribution is 5.84. The fourth-order valence-electron chi connectivity index (χ4n) is 2.69. The highest BCUT2D eigenvalue weighted by atomic mass is 16.6. The van der Waals surface area contributed by atoms with Crippen molar-refractivity contribution in [3.05, 3.63) is 59.4 Å². The van der Waals surface area contributed by atoms with Gasteiger partial charge >= 0.3 is 6.09 Å². The zero-order valence-corrected chi connectivity index (χ0v) is 18.6. The van der Waals surface area contributed by atoms with Crippen LogP contribution in [-0.2, 0) is 17.7 Å². The molecule has 162 valence electrons. The van der Waals surface area contributed by atoms with Crippen molar-refractivity contribution < 1.29 is 9.53 Å². The second-order valence-corrected chi connectivity index (χ2v) is 7.97. The highest BCUT2D eigenvalue weighted by Crippen LogP contribution is 2.13. The van der Waals surface area contributed by atoms with Crippen molar-refractivity contribution in [3.8, 4) is 0 Å². The summed E-state index contributed by atoms with van der Waals surface area (Å²) in [6.45, 7) is 11.6. The van der Waals surface area contributed by atoms with E-state index in [9.17, 15) is 4.79 Å². The Balaban J connectivity index is 1.83. The molecule has 0 atom stereocenters. The molecule has 0 spiro atoms. The first-order valence-corrected chi connectivity index (χ1v) is 10.3. The molecule has 0 aliphatic carbocycles. The maximum atomic E-state index is 11.8. The van der Waals surface area contributed by atoms with Crippen molar-refractivity contribution in [1.82, 2.24) is 15.6 Å². The molecule has 1 amide bonds. The van der Waals surface area contributed by atoms with Crippen LogP contribution >= 0.6 is 0 Å². The van der Waals surface area contributed by atoms with Gasteiger partial charge in [0.25, 0.3) is 0 Å². The zero-order valence-electron chi connectivity index (χ0n) is 18.6. The van der Waals surface area contributed by atoms with Crippen molar-refractivity contribution in [2.75, 3.05) is 18.4 Å². The van der Waals surface area contributed by atoms with E-state index in [1.165, 1.54) is 0 Å². The molecule has 0 aliphatic heterocycles. The average molecular weight is 412 g/mol. The van der Waals surface area contributed by atoms with Crippen LogP contribution in [0.25, 0.3) is 0 Å². The summed E-state index contributed by atoms with van der Waals surface area (Å²) in [7, 11) is 0. The number of amides is 1. The molecule has 0 fully saturated rings. The number of carbonyl (C=O) groups is 1. The molecule has 0 unspecified atom stereocenters. The summed E-state index contributed by atoms with van der Waals surface area (Å²) in [5, 5.41) is 9.34. The number of pyridine rings is 1. The number of rotatable bonds is 7. The molecule has 30 heavy (non-hydrogen) atoms. The van der Waals surface area contributed by atoms with Crippen LogP contribution in [0.5, 0.6) is 0 Å². The number of nitrogens with zero attached hydrogens (tertiary/aromatic N) is 2. The summed E-state index contributed by atoms with van der Waals surface area (Å²) in [6.07, 6.45) is 0.381. The van der Waals surface area contributed by atoms with E-state index in [1.54, 1.807) is 0 Å². The molecule has 7 heteroatoms. The number of aromatic nitrogens is 1. The van der Waals surface area contributed by atoms with Gasteiger partial charge in [-0.05, 0) is 70.9 Å². The summed E-state index contributed by atoms with van der Waals surface area (Å²) < 4.78 is 5.26. The Labute approximate surface area is 179 Å². The standard InChI is InChI=1S/C23H33N5O2/c1-6-24-21(26-16-20-9-7-8-17(2)27-20)25-15-14-18-10-12-19(13-11-18)28-22(29)30-23(3,4)5/h7-13H,6,14-16H2,1-5H3,(H,28,29)(H2,24,25,26). The van der Waals surface area contributed by atoms with Crippen molar-refractivity contribution in [1.29, 1.82) is 0 Å². The van der Waals surface area contributed by atoms with Crippen LogP contribution in [0.2, 0.25) is 0 Å². The number of hydrogen-bond acceptors (Lipinski definition) is 4. The molecule has 2 rings (SSSR count). The minimum absolute atomic E-state index is 0.452. The lowest BCUT2D eigenvalue weighted by Gasteiger charge is -2.19. The Bertz CT molecular complexity index is 841. The van der Waals surface area contributed by atoms with Gasteiger partial charge in [0.15, 0.2) is 5.96 Å². The second-order valence-electron chi connectivity index (χ2n) is 7.97. The lowest BCUT2D eigenvalue weighted by molar-refractivity contribution is 0.0636. The molecule has 3 N–H and O–H groups in total. The van der Waals surface area contributed by atoms with Crippen LogP contribution in [0.1, 0.15) is 44.6 Å². The maximum absolute atomic E-state index is 11.8. The number of carbonyl (C=O) groups excluding carboxylic acids is 1. The first kappa shape index (κ1) is 23.2. The Kier molecular flexibility index (Phi) is 8.65. The third-order valence-corrected chi connectivity index (χ3v) is 3.99. The highest BCUT2D eigenvalue weighted by Gasteiger charge is 2.16. The fourth-order valence-corrected chi connectivity index (χ4v) is 2.69. The second kappa shape index (κ2) is 11.2. The predicted octanol–water partition coefficient (Wildman–Crippen LogP) is 4.03. The van der Waals surface area contributed by atoms with E-state index in [1.807, 2.05) is 77.1 Å². The summed E-state index contributed by atoms with van der Waals surface area (Å²) in [6, 6.07) is 13.7. The summed E-state index contributed by atoms with van der Waals surface area (Å²) in [5.74, 6) is 0.768. The first-order chi connectivity index (χ1) is 14.2. The van der Waals surface area contributed by atoms with Crippen molar-refractivity contribution in [3.63, 3.8) is 0 Å². The van der Waals surface area contributed by atoms with Crippen molar-refractivity contribution >= 4 is 17.7 Å². The van der Waals surface area contributed by atoms with Gasteiger partial charge in [0.1, 0.15) is 5.60 Å². The lowest BCUT2D eigenvalue weighted by Crippen LogP contribution is -2.38. The summed E-state index contributed by atoms with van der Waals surface area (Å²) >= 11 is 0. The number of ether oxygens (including phenoxy) is 1. The van der Waals surface area contributed by atoms with Gasteiger partial charge in [-0.15, -0.1) is 0 Å². The number of benzene rings is 1. The number of anilines is 1. The largest absolute Gasteiger partial charge is 0.444 e. The average Bonchev–Trinajstić information content (AvgIpc) is 2.66. The number of guanidine groups is 1. The van der Waals surface area contributed by atoms with Gasteiger partial charge in [-0.1, -0.05) is 18.2 Å². The molecule has 1 aromatic heterocycles. The third-order valence-electron chi connectivity index (χ3n) is 3.99. The number of aryl methyl sites for hydroxylation is 1. The van der Waals surface area contributed by atoms with Gasteiger partial charge in [-0.25, -0.2) is 9.79 Å². The molecule has 0 aliphatic rings. The topological polar surface area (TPSA) is 87.6 Å². The quantitative estimate of drug-likeness (QED) is 0.473. The molecule has 1 heterocycles. The Morgan fingerprint density at radius 1 is 1.10 bits per heavy atom. The van der Waals surface area contributed by atoms with Crippen LogP contribution in [0.4, 0.5) is 10.5 Å². The monoisotopic (exact) mass is 411 g/mol. The molecule has 0 radical (unpaired) electrons. The van der Waals surface area contributed by atoms with Gasteiger partial charge in [-0.3, -0.25) is 10.3 Å². The molecule has 7 nitrogen and oxygen atoms in total. The third kappa shape index (κ3) is 8.94. The van der Waals surface area contributed by atoms with E-state index in [-0.39, 0.29) is 0 Å². The minimum atomic E-state index is -0.517. The summed E-state index contributed by atoms with van der Waals surface area (Å²) in [5.41, 5.74) is 3.29. The predicted molar refractivity (Wildman–Crippen MR) is 122 cm³/mol. The molecule has 0 bridgehead atoms. The van der Waals surface area contributed by atoms with Crippen LogP contribution in [0, 0.1) is 6.92 Å². The molecule has 0 saturated heterocycles. The summed E-state index contributed by atoms with van der Waals surface area (Å²) in [4.78, 5) is 20.9. The number of aliphatic imine (C=N–C) groups is 1. The van der Waals surface area contributed by atoms with Crippen LogP contribution < -0.4 is 16.0 Å². The molecule has 2 aromatic rings. The lowest BCUT2D eigenvalue weighted by atomic mass is 10.1. The van der Waals surface area contributed by atoms with Gasteiger partial charge in [0.05, 0.1) is 12.2 Å². The van der Waals surface area contributed by atoms with E-state index in [0.29, 0.717) is 12.2 Å².